The van der Waals surface area contributed by atoms with Crippen LogP contribution in [0, 0.1) is 0 Å². The van der Waals surface area contributed by atoms with Gasteiger partial charge in [0.2, 0.25) is 5.91 Å². The molecule has 1 aromatic rings. The second kappa shape index (κ2) is 6.02. The Hall–Kier alpha value is -2.08. The first-order valence-corrected chi connectivity index (χ1v) is 8.93. The predicted molar refractivity (Wildman–Crippen MR) is 91.7 cm³/mol. The monoisotopic (exact) mass is 344 g/mol. The van der Waals surface area contributed by atoms with E-state index in [1.165, 1.54) is 0 Å². The molecule has 0 radical (unpaired) electrons. The molecule has 1 atom stereocenters. The molecule has 25 heavy (non-hydrogen) atoms. The van der Waals surface area contributed by atoms with Gasteiger partial charge in [-0.2, -0.15) is 0 Å². The first-order chi connectivity index (χ1) is 12.0. The Morgan fingerprint density at radius 2 is 2.04 bits per heavy atom. The Morgan fingerprint density at radius 3 is 2.76 bits per heavy atom. The highest BCUT2D eigenvalue weighted by Gasteiger charge is 2.42. The van der Waals surface area contributed by atoms with Gasteiger partial charge in [-0.15, -0.1) is 0 Å². The maximum absolute atomic E-state index is 12.8. The third kappa shape index (κ3) is 2.99. The molecule has 1 spiro atoms. The number of carbonyl (C=O) groups is 2. The van der Waals surface area contributed by atoms with E-state index in [-0.39, 0.29) is 30.1 Å². The summed E-state index contributed by atoms with van der Waals surface area (Å²) in [4.78, 5) is 28.1. The Labute approximate surface area is 147 Å². The summed E-state index contributed by atoms with van der Waals surface area (Å²) in [6.07, 6.45) is 2.56. The SMILES string of the molecule is CC1Cc2cc(C(=O)N3CCC4(CC3)CN(C)C(=O)CO4)ccc2O1. The molecule has 6 nitrogen and oxygen atoms in total. The van der Waals surface area contributed by atoms with E-state index in [2.05, 4.69) is 0 Å². The van der Waals surface area contributed by atoms with Crippen LogP contribution in [0.15, 0.2) is 18.2 Å². The highest BCUT2D eigenvalue weighted by atomic mass is 16.5. The third-order valence-electron chi connectivity index (χ3n) is 5.56. The predicted octanol–water partition coefficient (Wildman–Crippen LogP) is 1.47. The van der Waals surface area contributed by atoms with Gasteiger partial charge in [-0.25, -0.2) is 0 Å². The van der Waals surface area contributed by atoms with Gasteiger partial charge in [0.05, 0.1) is 5.60 Å². The zero-order valence-corrected chi connectivity index (χ0v) is 14.8. The topological polar surface area (TPSA) is 59.1 Å². The van der Waals surface area contributed by atoms with Crippen LogP contribution in [0.25, 0.3) is 0 Å². The van der Waals surface area contributed by atoms with E-state index < -0.39 is 0 Å². The number of fused-ring (bicyclic) bond motifs is 1. The Bertz CT molecular complexity index is 709. The lowest BCUT2D eigenvalue weighted by Crippen LogP contribution is -2.58. The van der Waals surface area contributed by atoms with Crippen molar-refractivity contribution in [1.29, 1.82) is 0 Å². The molecule has 3 heterocycles. The summed E-state index contributed by atoms with van der Waals surface area (Å²) in [5.74, 6) is 0.987. The van der Waals surface area contributed by atoms with Crippen LogP contribution in [0.5, 0.6) is 5.75 Å². The van der Waals surface area contributed by atoms with Crippen LogP contribution in [0.1, 0.15) is 35.7 Å². The molecular formula is C19H24N2O4. The van der Waals surface area contributed by atoms with E-state index in [1.54, 1.807) is 4.90 Å². The van der Waals surface area contributed by atoms with E-state index in [9.17, 15) is 9.59 Å². The Kier molecular flexibility index (Phi) is 3.95. The van der Waals surface area contributed by atoms with E-state index in [0.29, 0.717) is 19.6 Å². The van der Waals surface area contributed by atoms with Crippen LogP contribution in [0.4, 0.5) is 0 Å². The number of nitrogens with zero attached hydrogens (tertiary/aromatic N) is 2. The van der Waals surface area contributed by atoms with E-state index in [4.69, 9.17) is 9.47 Å². The van der Waals surface area contributed by atoms with Gasteiger partial charge in [-0.05, 0) is 43.5 Å². The number of likely N-dealkylation sites (tertiary alicyclic amines) is 1. The molecule has 3 aliphatic heterocycles. The lowest BCUT2D eigenvalue weighted by molar-refractivity contribution is -0.167. The number of piperidine rings is 1. The molecule has 2 fully saturated rings. The van der Waals surface area contributed by atoms with E-state index in [0.717, 1.165) is 36.1 Å². The number of ether oxygens (including phenoxy) is 2. The number of carbonyl (C=O) groups excluding carboxylic acids is 2. The highest BCUT2D eigenvalue weighted by Crippen LogP contribution is 2.32. The molecule has 2 saturated heterocycles. The fraction of sp³-hybridized carbons (Fsp3) is 0.579. The molecule has 6 heteroatoms. The van der Waals surface area contributed by atoms with Gasteiger partial charge >= 0.3 is 0 Å². The van der Waals surface area contributed by atoms with Gasteiger partial charge in [0.25, 0.3) is 5.91 Å². The molecule has 1 unspecified atom stereocenters. The summed E-state index contributed by atoms with van der Waals surface area (Å²) in [5.41, 5.74) is 1.55. The summed E-state index contributed by atoms with van der Waals surface area (Å²) < 4.78 is 11.6. The van der Waals surface area contributed by atoms with E-state index >= 15 is 0 Å². The number of amides is 2. The number of hydrogen-bond donors (Lipinski definition) is 0. The van der Waals surface area contributed by atoms with Gasteiger partial charge < -0.3 is 19.3 Å². The van der Waals surface area contributed by atoms with Crippen molar-refractivity contribution >= 4 is 11.8 Å². The first-order valence-electron chi connectivity index (χ1n) is 8.93. The maximum Gasteiger partial charge on any atom is 0.253 e. The van der Waals surface area contributed by atoms with Crippen LogP contribution >= 0.6 is 0 Å². The number of morpholine rings is 1. The summed E-state index contributed by atoms with van der Waals surface area (Å²) in [7, 11) is 1.82. The molecule has 0 saturated carbocycles. The summed E-state index contributed by atoms with van der Waals surface area (Å²) in [6.45, 7) is 4.11. The smallest absolute Gasteiger partial charge is 0.253 e. The minimum absolute atomic E-state index is 0.0266. The quantitative estimate of drug-likeness (QED) is 0.774. The zero-order valence-electron chi connectivity index (χ0n) is 14.8. The number of rotatable bonds is 1. The van der Waals surface area contributed by atoms with Crippen molar-refractivity contribution in [3.63, 3.8) is 0 Å². The molecule has 0 aliphatic carbocycles. The Morgan fingerprint density at radius 1 is 1.28 bits per heavy atom. The van der Waals surface area contributed by atoms with E-state index in [1.807, 2.05) is 37.1 Å². The lowest BCUT2D eigenvalue weighted by atomic mass is 9.89. The zero-order chi connectivity index (χ0) is 17.6. The van der Waals surface area contributed by atoms with Gasteiger partial charge in [0, 0.05) is 38.7 Å². The normalized spacial score (nSPS) is 25.0. The number of likely N-dealkylation sites (N-methyl/N-ethyl adjacent to an activating group) is 1. The van der Waals surface area contributed by atoms with Crippen molar-refractivity contribution in [1.82, 2.24) is 9.80 Å². The fourth-order valence-corrected chi connectivity index (χ4v) is 4.05. The van der Waals surface area contributed by atoms with Crippen LogP contribution in [-0.4, -0.2) is 66.6 Å². The average molecular weight is 344 g/mol. The van der Waals surface area contributed by atoms with Crippen LogP contribution in [0.2, 0.25) is 0 Å². The van der Waals surface area contributed by atoms with Gasteiger partial charge in [-0.1, -0.05) is 0 Å². The third-order valence-corrected chi connectivity index (χ3v) is 5.56. The van der Waals surface area contributed by atoms with Crippen LogP contribution in [-0.2, 0) is 16.0 Å². The largest absolute Gasteiger partial charge is 0.490 e. The molecule has 3 aliphatic rings. The number of hydrogen-bond acceptors (Lipinski definition) is 4. The van der Waals surface area contributed by atoms with Crippen molar-refractivity contribution < 1.29 is 19.1 Å². The van der Waals surface area contributed by atoms with Gasteiger partial charge in [0.1, 0.15) is 18.5 Å². The molecule has 134 valence electrons. The van der Waals surface area contributed by atoms with Crippen molar-refractivity contribution in [3.05, 3.63) is 29.3 Å². The lowest BCUT2D eigenvalue weighted by Gasteiger charge is -2.46. The molecule has 2 amide bonds. The van der Waals surface area contributed by atoms with Crippen LogP contribution in [0.3, 0.4) is 0 Å². The average Bonchev–Trinajstić information content (AvgIpc) is 2.98. The molecule has 4 rings (SSSR count). The Balaban J connectivity index is 1.42. The van der Waals surface area contributed by atoms with Crippen molar-refractivity contribution in [2.24, 2.45) is 0 Å². The highest BCUT2D eigenvalue weighted by molar-refractivity contribution is 5.94. The molecule has 1 aromatic carbocycles. The maximum atomic E-state index is 12.8. The standard InChI is InChI=1S/C19H24N2O4/c1-13-9-15-10-14(3-4-16(15)25-13)18(23)21-7-5-19(6-8-21)12-20(2)17(22)11-24-19/h3-4,10,13H,5-9,11-12H2,1-2H3. The molecule has 0 N–H and O–H groups in total. The van der Waals surface area contributed by atoms with Crippen molar-refractivity contribution in [3.8, 4) is 5.75 Å². The minimum Gasteiger partial charge on any atom is -0.490 e. The van der Waals surface area contributed by atoms with Crippen molar-refractivity contribution in [2.75, 3.05) is 33.3 Å². The fourth-order valence-electron chi connectivity index (χ4n) is 4.05. The van der Waals surface area contributed by atoms with Crippen LogP contribution < -0.4 is 4.74 Å². The second-order valence-electron chi connectivity index (χ2n) is 7.47. The van der Waals surface area contributed by atoms with Gasteiger partial charge in [-0.3, -0.25) is 9.59 Å². The minimum atomic E-state index is -0.291. The number of benzene rings is 1. The van der Waals surface area contributed by atoms with Crippen molar-refractivity contribution in [2.45, 2.75) is 37.9 Å². The summed E-state index contributed by atoms with van der Waals surface area (Å²) >= 11 is 0. The molecule has 0 aromatic heterocycles. The summed E-state index contributed by atoms with van der Waals surface area (Å²) in [5, 5.41) is 0. The molecular weight excluding hydrogens is 320 g/mol. The molecule has 0 bridgehead atoms. The van der Waals surface area contributed by atoms with Gasteiger partial charge in [0.15, 0.2) is 0 Å². The first kappa shape index (κ1) is 16.4. The summed E-state index contributed by atoms with van der Waals surface area (Å²) in [6, 6.07) is 5.73. The second-order valence-corrected chi connectivity index (χ2v) is 7.47.